The van der Waals surface area contributed by atoms with Crippen molar-refractivity contribution in [2.75, 3.05) is 19.8 Å². The zero-order chi connectivity index (χ0) is 18.5. The molecule has 0 unspecified atom stereocenters. The van der Waals surface area contributed by atoms with Crippen LogP contribution in [0.25, 0.3) is 10.9 Å². The standard InChI is InChI=1S/C20H27N3O3/c1-13(2)14-3-4-18-16(11-14)12-15(19(24)23-18)5-8-21-20(25)22-17-6-9-26-10-7-17/h3-4,11-13,17H,5-10H2,1-2H3,(H,23,24)(H2,21,22,25). The lowest BCUT2D eigenvalue weighted by Crippen LogP contribution is -2.45. The third-order valence-electron chi connectivity index (χ3n) is 4.85. The van der Waals surface area contributed by atoms with Crippen LogP contribution in [0.5, 0.6) is 0 Å². The number of fused-ring (bicyclic) bond motifs is 1. The zero-order valence-corrected chi connectivity index (χ0v) is 15.4. The topological polar surface area (TPSA) is 83.2 Å². The molecule has 2 amide bonds. The Balaban J connectivity index is 1.60. The molecule has 0 atom stereocenters. The third kappa shape index (κ3) is 4.64. The summed E-state index contributed by atoms with van der Waals surface area (Å²) in [6, 6.07) is 8.03. The fourth-order valence-corrected chi connectivity index (χ4v) is 3.20. The Morgan fingerprint density at radius 3 is 2.77 bits per heavy atom. The van der Waals surface area contributed by atoms with Crippen LogP contribution in [0.1, 0.15) is 43.7 Å². The van der Waals surface area contributed by atoms with Crippen molar-refractivity contribution < 1.29 is 9.53 Å². The van der Waals surface area contributed by atoms with Crippen molar-refractivity contribution in [1.29, 1.82) is 0 Å². The maximum Gasteiger partial charge on any atom is 0.315 e. The van der Waals surface area contributed by atoms with Gasteiger partial charge in [0.2, 0.25) is 0 Å². The van der Waals surface area contributed by atoms with Crippen molar-refractivity contribution in [3.8, 4) is 0 Å². The van der Waals surface area contributed by atoms with Crippen molar-refractivity contribution >= 4 is 16.9 Å². The molecular formula is C20H27N3O3. The van der Waals surface area contributed by atoms with Gasteiger partial charge in [-0.05, 0) is 54.3 Å². The minimum Gasteiger partial charge on any atom is -0.381 e. The normalized spacial score (nSPS) is 15.3. The third-order valence-corrected chi connectivity index (χ3v) is 4.85. The molecule has 1 saturated heterocycles. The van der Waals surface area contributed by atoms with E-state index < -0.39 is 0 Å². The number of nitrogens with one attached hydrogen (secondary N) is 3. The molecular weight excluding hydrogens is 330 g/mol. The largest absolute Gasteiger partial charge is 0.381 e. The van der Waals surface area contributed by atoms with Crippen molar-refractivity contribution in [2.24, 2.45) is 0 Å². The summed E-state index contributed by atoms with van der Waals surface area (Å²) in [4.78, 5) is 27.1. The molecule has 140 valence electrons. The van der Waals surface area contributed by atoms with Crippen LogP contribution in [0.15, 0.2) is 29.1 Å². The van der Waals surface area contributed by atoms with E-state index in [0.29, 0.717) is 37.7 Å². The molecule has 3 rings (SSSR count). The molecule has 2 heterocycles. The Morgan fingerprint density at radius 1 is 1.27 bits per heavy atom. The van der Waals surface area contributed by atoms with E-state index in [1.807, 2.05) is 18.2 Å². The predicted octanol–water partition coefficient (Wildman–Crippen LogP) is 2.67. The van der Waals surface area contributed by atoms with E-state index in [2.05, 4.69) is 35.5 Å². The smallest absolute Gasteiger partial charge is 0.315 e. The van der Waals surface area contributed by atoms with Crippen LogP contribution in [0.4, 0.5) is 4.79 Å². The Morgan fingerprint density at radius 2 is 2.04 bits per heavy atom. The highest BCUT2D eigenvalue weighted by Gasteiger charge is 2.15. The monoisotopic (exact) mass is 357 g/mol. The number of aromatic nitrogens is 1. The van der Waals surface area contributed by atoms with E-state index in [4.69, 9.17) is 4.74 Å². The second-order valence-electron chi connectivity index (χ2n) is 7.16. The van der Waals surface area contributed by atoms with Gasteiger partial charge in [0.05, 0.1) is 0 Å². The number of hydrogen-bond acceptors (Lipinski definition) is 3. The molecule has 6 heteroatoms. The Kier molecular flexibility index (Phi) is 5.93. The SMILES string of the molecule is CC(C)c1ccc2[nH]c(=O)c(CCNC(=O)NC3CCOCC3)cc2c1. The van der Waals surface area contributed by atoms with Crippen LogP contribution in [0, 0.1) is 0 Å². The molecule has 1 aliphatic heterocycles. The molecule has 6 nitrogen and oxygen atoms in total. The van der Waals surface area contributed by atoms with E-state index in [0.717, 1.165) is 23.7 Å². The van der Waals surface area contributed by atoms with Crippen molar-refractivity contribution in [3.05, 3.63) is 45.7 Å². The quantitative estimate of drug-likeness (QED) is 0.769. The molecule has 1 fully saturated rings. The van der Waals surface area contributed by atoms with Crippen LogP contribution in [0.2, 0.25) is 0 Å². The van der Waals surface area contributed by atoms with Crippen molar-refractivity contribution in [1.82, 2.24) is 15.6 Å². The summed E-state index contributed by atoms with van der Waals surface area (Å²) in [5, 5.41) is 6.82. The van der Waals surface area contributed by atoms with Gasteiger partial charge in [0.15, 0.2) is 0 Å². The number of rotatable bonds is 5. The number of ether oxygens (including phenoxy) is 1. The minimum absolute atomic E-state index is 0.0959. The highest BCUT2D eigenvalue weighted by atomic mass is 16.5. The number of benzene rings is 1. The molecule has 0 radical (unpaired) electrons. The summed E-state index contributed by atoms with van der Waals surface area (Å²) in [7, 11) is 0. The summed E-state index contributed by atoms with van der Waals surface area (Å²) < 4.78 is 5.28. The van der Waals surface area contributed by atoms with Gasteiger partial charge in [-0.2, -0.15) is 0 Å². The van der Waals surface area contributed by atoms with E-state index in [9.17, 15) is 9.59 Å². The second-order valence-corrected chi connectivity index (χ2v) is 7.16. The van der Waals surface area contributed by atoms with Gasteiger partial charge in [-0.15, -0.1) is 0 Å². The molecule has 1 aliphatic rings. The van der Waals surface area contributed by atoms with Gasteiger partial charge in [0.1, 0.15) is 0 Å². The number of carbonyl (C=O) groups excluding carboxylic acids is 1. The number of urea groups is 1. The zero-order valence-electron chi connectivity index (χ0n) is 15.4. The molecule has 1 aromatic carbocycles. The first-order chi connectivity index (χ1) is 12.5. The Labute approximate surface area is 153 Å². The summed E-state index contributed by atoms with van der Waals surface area (Å²) in [6.07, 6.45) is 2.18. The van der Waals surface area contributed by atoms with E-state index >= 15 is 0 Å². The van der Waals surface area contributed by atoms with Crippen molar-refractivity contribution in [2.45, 2.75) is 45.1 Å². The lowest BCUT2D eigenvalue weighted by Gasteiger charge is -2.23. The molecule has 26 heavy (non-hydrogen) atoms. The minimum atomic E-state index is -0.184. The lowest BCUT2D eigenvalue weighted by atomic mass is 10.0. The van der Waals surface area contributed by atoms with Crippen LogP contribution >= 0.6 is 0 Å². The fraction of sp³-hybridized carbons (Fsp3) is 0.500. The average molecular weight is 357 g/mol. The van der Waals surface area contributed by atoms with Gasteiger partial charge in [-0.1, -0.05) is 19.9 Å². The first kappa shape index (κ1) is 18.5. The van der Waals surface area contributed by atoms with Crippen LogP contribution < -0.4 is 16.2 Å². The highest BCUT2D eigenvalue weighted by molar-refractivity contribution is 5.80. The predicted molar refractivity (Wildman–Crippen MR) is 103 cm³/mol. The van der Waals surface area contributed by atoms with Crippen molar-refractivity contribution in [3.63, 3.8) is 0 Å². The van der Waals surface area contributed by atoms with Gasteiger partial charge in [-0.3, -0.25) is 4.79 Å². The molecule has 2 aromatic rings. The van der Waals surface area contributed by atoms with Gasteiger partial charge >= 0.3 is 6.03 Å². The summed E-state index contributed by atoms with van der Waals surface area (Å²) in [5.74, 6) is 0.435. The molecule has 0 saturated carbocycles. The summed E-state index contributed by atoms with van der Waals surface area (Å²) in [6.45, 7) is 6.10. The van der Waals surface area contributed by atoms with Crippen LogP contribution in [-0.2, 0) is 11.2 Å². The van der Waals surface area contributed by atoms with Gasteiger partial charge < -0.3 is 20.4 Å². The fourth-order valence-electron chi connectivity index (χ4n) is 3.20. The first-order valence-electron chi connectivity index (χ1n) is 9.31. The van der Waals surface area contributed by atoms with E-state index in [1.165, 1.54) is 5.56 Å². The molecule has 0 aliphatic carbocycles. The van der Waals surface area contributed by atoms with E-state index in [-0.39, 0.29) is 17.6 Å². The molecule has 0 bridgehead atoms. The summed E-state index contributed by atoms with van der Waals surface area (Å²) >= 11 is 0. The van der Waals surface area contributed by atoms with Gasteiger partial charge in [-0.25, -0.2) is 4.79 Å². The maximum absolute atomic E-state index is 12.2. The first-order valence-corrected chi connectivity index (χ1v) is 9.31. The number of aromatic amines is 1. The molecule has 1 aromatic heterocycles. The number of hydrogen-bond donors (Lipinski definition) is 3. The van der Waals surface area contributed by atoms with Gasteiger partial charge in [0, 0.05) is 36.9 Å². The molecule has 3 N–H and O–H groups in total. The number of pyridine rings is 1. The second kappa shape index (κ2) is 8.36. The lowest BCUT2D eigenvalue weighted by molar-refractivity contribution is 0.0801. The number of H-pyrrole nitrogens is 1. The average Bonchev–Trinajstić information content (AvgIpc) is 2.62. The maximum atomic E-state index is 12.2. The number of amides is 2. The Bertz CT molecular complexity index is 823. The number of carbonyl (C=O) groups is 1. The van der Waals surface area contributed by atoms with E-state index in [1.54, 1.807) is 0 Å². The van der Waals surface area contributed by atoms with Crippen LogP contribution in [-0.4, -0.2) is 36.8 Å². The highest BCUT2D eigenvalue weighted by Crippen LogP contribution is 2.20. The van der Waals surface area contributed by atoms with Gasteiger partial charge in [0.25, 0.3) is 5.56 Å². The molecule has 0 spiro atoms. The Hall–Kier alpha value is -2.34. The summed E-state index contributed by atoms with van der Waals surface area (Å²) in [5.41, 5.74) is 2.67. The van der Waals surface area contributed by atoms with Crippen LogP contribution in [0.3, 0.4) is 0 Å².